The maximum Gasteiger partial charge on any atom is 0.307 e. The molecule has 0 saturated heterocycles. The van der Waals surface area contributed by atoms with Crippen molar-refractivity contribution in [3.8, 4) is 0 Å². The van der Waals surface area contributed by atoms with Gasteiger partial charge in [0.15, 0.2) is 0 Å². The fourth-order valence-electron chi connectivity index (χ4n) is 2.95. The SMILES string of the molecule is Cn1c(C2CCCC2C(=O)O)nc2ccncc21. The zero-order valence-electron chi connectivity index (χ0n) is 10.2. The van der Waals surface area contributed by atoms with E-state index in [4.69, 9.17) is 0 Å². The Kier molecular flexibility index (Phi) is 2.54. The molecule has 0 amide bonds. The lowest BCUT2D eigenvalue weighted by Crippen LogP contribution is -2.19. The molecule has 0 aromatic carbocycles. The summed E-state index contributed by atoms with van der Waals surface area (Å²) in [5, 5.41) is 9.26. The topological polar surface area (TPSA) is 68.0 Å². The molecule has 1 fully saturated rings. The first-order valence-electron chi connectivity index (χ1n) is 6.17. The Morgan fingerprint density at radius 2 is 2.33 bits per heavy atom. The van der Waals surface area contributed by atoms with E-state index in [2.05, 4.69) is 9.97 Å². The van der Waals surface area contributed by atoms with Crippen LogP contribution in [0.2, 0.25) is 0 Å². The molecule has 3 rings (SSSR count). The van der Waals surface area contributed by atoms with Gasteiger partial charge in [0.2, 0.25) is 0 Å². The van der Waals surface area contributed by atoms with E-state index in [9.17, 15) is 9.90 Å². The van der Waals surface area contributed by atoms with Crippen molar-refractivity contribution in [3.05, 3.63) is 24.3 Å². The number of carbonyl (C=O) groups is 1. The number of carboxylic acid groups (broad SMARTS) is 1. The first-order chi connectivity index (χ1) is 8.68. The van der Waals surface area contributed by atoms with Crippen LogP contribution in [0.5, 0.6) is 0 Å². The molecular weight excluding hydrogens is 230 g/mol. The van der Waals surface area contributed by atoms with Gasteiger partial charge in [0.1, 0.15) is 5.82 Å². The fourth-order valence-corrected chi connectivity index (χ4v) is 2.95. The minimum Gasteiger partial charge on any atom is -0.481 e. The highest BCUT2D eigenvalue weighted by Gasteiger charge is 2.36. The highest BCUT2D eigenvalue weighted by molar-refractivity contribution is 5.76. The number of fused-ring (bicyclic) bond motifs is 1. The normalized spacial score (nSPS) is 23.6. The predicted molar refractivity (Wildman–Crippen MR) is 66.2 cm³/mol. The summed E-state index contributed by atoms with van der Waals surface area (Å²) in [6.07, 6.45) is 6.10. The van der Waals surface area contributed by atoms with Crippen molar-refractivity contribution in [1.82, 2.24) is 14.5 Å². The van der Waals surface area contributed by atoms with E-state index in [-0.39, 0.29) is 11.8 Å². The lowest BCUT2D eigenvalue weighted by atomic mass is 9.95. The lowest BCUT2D eigenvalue weighted by molar-refractivity contribution is -0.142. The van der Waals surface area contributed by atoms with Crippen LogP contribution in [0, 0.1) is 5.92 Å². The summed E-state index contributed by atoms with van der Waals surface area (Å²) in [5.74, 6) is -0.0982. The van der Waals surface area contributed by atoms with Crippen molar-refractivity contribution in [1.29, 1.82) is 0 Å². The number of rotatable bonds is 2. The summed E-state index contributed by atoms with van der Waals surface area (Å²) in [6.45, 7) is 0. The van der Waals surface area contributed by atoms with Crippen LogP contribution in [-0.2, 0) is 11.8 Å². The van der Waals surface area contributed by atoms with Gasteiger partial charge in [0.25, 0.3) is 0 Å². The van der Waals surface area contributed by atoms with Gasteiger partial charge < -0.3 is 9.67 Å². The second kappa shape index (κ2) is 4.08. The maximum absolute atomic E-state index is 11.3. The van der Waals surface area contributed by atoms with Crippen molar-refractivity contribution >= 4 is 17.0 Å². The molecule has 1 aliphatic rings. The molecule has 0 aliphatic heterocycles. The summed E-state index contributed by atoms with van der Waals surface area (Å²) in [4.78, 5) is 19.9. The van der Waals surface area contributed by atoms with E-state index in [1.165, 1.54) is 0 Å². The van der Waals surface area contributed by atoms with Gasteiger partial charge in [-0.05, 0) is 18.9 Å². The average Bonchev–Trinajstić information content (AvgIpc) is 2.94. The molecule has 2 atom stereocenters. The van der Waals surface area contributed by atoms with Crippen LogP contribution in [0.25, 0.3) is 11.0 Å². The molecule has 1 aliphatic carbocycles. The van der Waals surface area contributed by atoms with Gasteiger partial charge in [0.05, 0.1) is 23.1 Å². The minimum absolute atomic E-state index is 0.0277. The monoisotopic (exact) mass is 245 g/mol. The Balaban J connectivity index is 2.09. The predicted octanol–water partition coefficient (Wildman–Crippen LogP) is 1.94. The number of nitrogens with zero attached hydrogens (tertiary/aromatic N) is 3. The van der Waals surface area contributed by atoms with E-state index >= 15 is 0 Å². The summed E-state index contributed by atoms with van der Waals surface area (Å²) >= 11 is 0. The van der Waals surface area contributed by atoms with E-state index in [1.54, 1.807) is 12.4 Å². The Labute approximate surface area is 104 Å². The molecule has 2 heterocycles. The van der Waals surface area contributed by atoms with E-state index in [0.29, 0.717) is 0 Å². The van der Waals surface area contributed by atoms with E-state index < -0.39 is 5.97 Å². The smallest absolute Gasteiger partial charge is 0.307 e. The molecule has 18 heavy (non-hydrogen) atoms. The summed E-state index contributed by atoms with van der Waals surface area (Å²) in [7, 11) is 1.93. The van der Waals surface area contributed by atoms with E-state index in [0.717, 1.165) is 36.1 Å². The van der Waals surface area contributed by atoms with Crippen molar-refractivity contribution in [2.75, 3.05) is 0 Å². The quantitative estimate of drug-likeness (QED) is 0.877. The van der Waals surface area contributed by atoms with Crippen molar-refractivity contribution in [2.24, 2.45) is 13.0 Å². The van der Waals surface area contributed by atoms with E-state index in [1.807, 2.05) is 17.7 Å². The van der Waals surface area contributed by atoms with Crippen LogP contribution in [0.15, 0.2) is 18.5 Å². The molecule has 2 aromatic rings. The van der Waals surface area contributed by atoms with Crippen molar-refractivity contribution < 1.29 is 9.90 Å². The average molecular weight is 245 g/mol. The first kappa shape index (κ1) is 11.2. The molecule has 94 valence electrons. The lowest BCUT2D eigenvalue weighted by Gasteiger charge is -2.15. The number of pyridine rings is 1. The molecule has 0 bridgehead atoms. The molecular formula is C13H15N3O2. The van der Waals surface area contributed by atoms with Gasteiger partial charge >= 0.3 is 5.97 Å². The highest BCUT2D eigenvalue weighted by atomic mass is 16.4. The third kappa shape index (κ3) is 1.58. The third-order valence-electron chi connectivity index (χ3n) is 3.88. The van der Waals surface area contributed by atoms with Gasteiger partial charge in [-0.3, -0.25) is 9.78 Å². The third-order valence-corrected chi connectivity index (χ3v) is 3.88. The van der Waals surface area contributed by atoms with Gasteiger partial charge in [-0.15, -0.1) is 0 Å². The van der Waals surface area contributed by atoms with Crippen LogP contribution >= 0.6 is 0 Å². The minimum atomic E-state index is -0.706. The summed E-state index contributed by atoms with van der Waals surface area (Å²) in [6, 6.07) is 1.86. The second-order valence-electron chi connectivity index (χ2n) is 4.88. The number of hydrogen-bond donors (Lipinski definition) is 1. The number of aliphatic carboxylic acids is 1. The van der Waals surface area contributed by atoms with Gasteiger partial charge in [-0.25, -0.2) is 4.98 Å². The summed E-state index contributed by atoms with van der Waals surface area (Å²) in [5.41, 5.74) is 1.85. The number of aryl methyl sites for hydroxylation is 1. The molecule has 5 heteroatoms. The molecule has 1 N–H and O–H groups in total. The van der Waals surface area contributed by atoms with Crippen molar-refractivity contribution in [2.45, 2.75) is 25.2 Å². The Bertz CT molecular complexity index is 605. The highest BCUT2D eigenvalue weighted by Crippen LogP contribution is 2.39. The van der Waals surface area contributed by atoms with Crippen LogP contribution in [0.1, 0.15) is 31.0 Å². The van der Waals surface area contributed by atoms with Gasteiger partial charge in [-0.1, -0.05) is 6.42 Å². The molecule has 2 aromatic heterocycles. The number of imidazole rings is 1. The number of aromatic nitrogens is 3. The molecule has 5 nitrogen and oxygen atoms in total. The summed E-state index contributed by atoms with van der Waals surface area (Å²) < 4.78 is 1.98. The zero-order valence-corrected chi connectivity index (χ0v) is 10.2. The van der Waals surface area contributed by atoms with Gasteiger partial charge in [-0.2, -0.15) is 0 Å². The standard InChI is InChI=1S/C13H15N3O2/c1-16-11-7-14-6-5-10(11)15-12(16)8-3-2-4-9(8)13(17)18/h5-9H,2-4H2,1H3,(H,17,18). The maximum atomic E-state index is 11.3. The van der Waals surface area contributed by atoms with Crippen LogP contribution in [0.3, 0.4) is 0 Å². The fraction of sp³-hybridized carbons (Fsp3) is 0.462. The Hall–Kier alpha value is -1.91. The van der Waals surface area contributed by atoms with Crippen LogP contribution in [0.4, 0.5) is 0 Å². The van der Waals surface area contributed by atoms with Crippen LogP contribution < -0.4 is 0 Å². The van der Waals surface area contributed by atoms with Crippen molar-refractivity contribution in [3.63, 3.8) is 0 Å². The molecule has 2 unspecified atom stereocenters. The van der Waals surface area contributed by atoms with Crippen LogP contribution in [-0.4, -0.2) is 25.6 Å². The largest absolute Gasteiger partial charge is 0.481 e. The number of hydrogen-bond acceptors (Lipinski definition) is 3. The first-order valence-corrected chi connectivity index (χ1v) is 6.17. The second-order valence-corrected chi connectivity index (χ2v) is 4.88. The Morgan fingerprint density at radius 1 is 1.50 bits per heavy atom. The zero-order chi connectivity index (χ0) is 12.7. The van der Waals surface area contributed by atoms with Gasteiger partial charge in [0, 0.05) is 19.2 Å². The number of carboxylic acids is 1. The molecule has 1 saturated carbocycles. The molecule has 0 spiro atoms. The molecule has 0 radical (unpaired) electrons. The Morgan fingerprint density at radius 3 is 3.06 bits per heavy atom.